The van der Waals surface area contributed by atoms with Crippen LogP contribution in [0.4, 0.5) is 19.0 Å². The summed E-state index contributed by atoms with van der Waals surface area (Å²) in [5.74, 6) is -1.96. The highest BCUT2D eigenvalue weighted by Gasteiger charge is 2.47. The van der Waals surface area contributed by atoms with Gasteiger partial charge in [-0.3, -0.25) is 4.79 Å². The van der Waals surface area contributed by atoms with Gasteiger partial charge in [-0.25, -0.2) is 9.97 Å². The van der Waals surface area contributed by atoms with E-state index in [1.807, 2.05) is 19.2 Å². The van der Waals surface area contributed by atoms with Crippen molar-refractivity contribution in [3.05, 3.63) is 54.5 Å². The monoisotopic (exact) mass is 465 g/mol. The van der Waals surface area contributed by atoms with Crippen LogP contribution in [-0.2, 0) is 4.79 Å². The number of nitrogens with zero attached hydrogens (tertiary/aromatic N) is 3. The van der Waals surface area contributed by atoms with Crippen LogP contribution in [0, 0.1) is 0 Å². The number of benzene rings is 1. The van der Waals surface area contributed by atoms with Gasteiger partial charge in [0.2, 0.25) is 5.91 Å². The van der Waals surface area contributed by atoms with Crippen LogP contribution in [0.5, 0.6) is 0 Å². The van der Waals surface area contributed by atoms with E-state index in [1.54, 1.807) is 12.4 Å². The quantitative estimate of drug-likeness (QED) is 0.533. The molecule has 3 aromatic rings. The third-order valence-electron chi connectivity index (χ3n) is 5.07. The van der Waals surface area contributed by atoms with Crippen molar-refractivity contribution in [2.75, 3.05) is 32.1 Å². The highest BCUT2D eigenvalue weighted by atomic mass is 19.4. The minimum atomic E-state index is -4.55. The SMILES string of the molecule is CCNc1ncnc2[nH]ccc12.CO.O=C(C(c1ccccc1)C(F)(F)F)N1CCCCC1. The Morgan fingerprint density at radius 3 is 2.39 bits per heavy atom. The first kappa shape index (κ1) is 26.1. The molecule has 4 rings (SSSR count). The minimum Gasteiger partial charge on any atom is -0.400 e. The summed E-state index contributed by atoms with van der Waals surface area (Å²) in [6.45, 7) is 3.77. The lowest BCUT2D eigenvalue weighted by Crippen LogP contribution is -2.43. The van der Waals surface area contributed by atoms with Crippen LogP contribution < -0.4 is 5.32 Å². The number of aliphatic hydroxyl groups is 1. The van der Waals surface area contributed by atoms with Crippen LogP contribution in [0.2, 0.25) is 0 Å². The van der Waals surface area contributed by atoms with Crippen molar-refractivity contribution in [2.45, 2.75) is 38.3 Å². The van der Waals surface area contributed by atoms with Gasteiger partial charge in [-0.1, -0.05) is 30.3 Å². The van der Waals surface area contributed by atoms with E-state index in [4.69, 9.17) is 5.11 Å². The molecule has 1 fully saturated rings. The molecule has 0 saturated carbocycles. The molecule has 3 heterocycles. The Balaban J connectivity index is 0.000000236. The minimum absolute atomic E-state index is 0.0190. The summed E-state index contributed by atoms with van der Waals surface area (Å²) < 4.78 is 39.5. The number of fused-ring (bicyclic) bond motifs is 1. The number of amides is 1. The van der Waals surface area contributed by atoms with E-state index in [2.05, 4.69) is 20.3 Å². The fraction of sp³-hybridized carbons (Fsp3) is 0.435. The number of alkyl halides is 3. The van der Waals surface area contributed by atoms with Crippen LogP contribution in [0.3, 0.4) is 0 Å². The van der Waals surface area contributed by atoms with Crippen molar-refractivity contribution in [3.63, 3.8) is 0 Å². The van der Waals surface area contributed by atoms with Crippen molar-refractivity contribution >= 4 is 22.8 Å². The van der Waals surface area contributed by atoms with E-state index in [9.17, 15) is 18.0 Å². The number of aromatic nitrogens is 3. The van der Waals surface area contributed by atoms with Gasteiger partial charge < -0.3 is 20.3 Å². The zero-order valence-electron chi connectivity index (χ0n) is 18.8. The molecule has 7 nitrogen and oxygen atoms in total. The molecule has 1 unspecified atom stereocenters. The standard InChI is InChI=1S/C14H16F3NO.C8H10N4.CH4O/c15-14(16,17)12(11-7-3-1-4-8-11)13(19)18-9-5-2-6-10-18;1-2-9-7-6-3-4-10-8(6)12-5-11-7;1-2/h1,3-4,7-8,12H,2,5-6,9-10H2;3-5H,2H2,1H3,(H2,9,10,11,12);2H,1H3. The molecule has 1 saturated heterocycles. The van der Waals surface area contributed by atoms with Crippen molar-refractivity contribution < 1.29 is 23.1 Å². The number of carbonyl (C=O) groups excluding carboxylic acids is 1. The lowest BCUT2D eigenvalue weighted by Gasteiger charge is -2.31. The molecule has 0 spiro atoms. The molecule has 0 radical (unpaired) electrons. The summed E-state index contributed by atoms with van der Waals surface area (Å²) >= 11 is 0. The molecule has 1 aromatic carbocycles. The normalized spacial score (nSPS) is 14.4. The van der Waals surface area contributed by atoms with Gasteiger partial charge in [-0.15, -0.1) is 0 Å². The number of carbonyl (C=O) groups is 1. The van der Waals surface area contributed by atoms with Crippen molar-refractivity contribution in [1.82, 2.24) is 19.9 Å². The molecular formula is C23H30F3N5O2. The predicted molar refractivity (Wildman–Crippen MR) is 122 cm³/mol. The molecule has 1 aliphatic rings. The Morgan fingerprint density at radius 2 is 1.79 bits per heavy atom. The molecular weight excluding hydrogens is 435 g/mol. The number of aliphatic hydroxyl groups excluding tert-OH is 1. The summed E-state index contributed by atoms with van der Waals surface area (Å²) in [5.41, 5.74) is 0.895. The third kappa shape index (κ3) is 7.18. The topological polar surface area (TPSA) is 94.1 Å². The van der Waals surface area contributed by atoms with Gasteiger partial charge in [0.15, 0.2) is 5.92 Å². The Bertz CT molecular complexity index is 973. The summed E-state index contributed by atoms with van der Waals surface area (Å²) in [6, 6.07) is 9.38. The largest absolute Gasteiger partial charge is 0.404 e. The second-order valence-corrected chi connectivity index (χ2v) is 7.26. The summed E-state index contributed by atoms with van der Waals surface area (Å²) in [6.07, 6.45) is 1.41. The lowest BCUT2D eigenvalue weighted by atomic mass is 9.96. The Kier molecular flexibility index (Phi) is 10.1. The average Bonchev–Trinajstić information content (AvgIpc) is 3.32. The van der Waals surface area contributed by atoms with Crippen molar-refractivity contribution in [2.24, 2.45) is 0 Å². The van der Waals surface area contributed by atoms with E-state index < -0.39 is 18.0 Å². The molecule has 3 N–H and O–H groups in total. The van der Waals surface area contributed by atoms with Gasteiger partial charge >= 0.3 is 6.18 Å². The number of nitrogens with one attached hydrogen (secondary N) is 2. The second kappa shape index (κ2) is 12.8. The zero-order chi connectivity index (χ0) is 24.3. The number of aromatic amines is 1. The van der Waals surface area contributed by atoms with E-state index in [1.165, 1.54) is 29.2 Å². The molecule has 10 heteroatoms. The van der Waals surface area contributed by atoms with Gasteiger partial charge in [0.25, 0.3) is 0 Å². The van der Waals surface area contributed by atoms with Gasteiger partial charge in [-0.2, -0.15) is 13.2 Å². The smallest absolute Gasteiger partial charge is 0.400 e. The molecule has 1 atom stereocenters. The van der Waals surface area contributed by atoms with Gasteiger partial charge in [0.05, 0.1) is 5.39 Å². The van der Waals surface area contributed by atoms with E-state index in [-0.39, 0.29) is 5.56 Å². The van der Waals surface area contributed by atoms with Gasteiger partial charge in [0.1, 0.15) is 17.8 Å². The second-order valence-electron chi connectivity index (χ2n) is 7.26. The summed E-state index contributed by atoms with van der Waals surface area (Å²) in [4.78, 5) is 24.7. The first-order chi connectivity index (χ1) is 15.9. The van der Waals surface area contributed by atoms with Crippen molar-refractivity contribution in [1.29, 1.82) is 0 Å². The number of rotatable bonds is 4. The summed E-state index contributed by atoms with van der Waals surface area (Å²) in [5, 5.41) is 11.2. The molecule has 0 bridgehead atoms. The van der Waals surface area contributed by atoms with Crippen LogP contribution in [0.1, 0.15) is 37.7 Å². The zero-order valence-corrected chi connectivity index (χ0v) is 18.8. The Morgan fingerprint density at radius 1 is 1.12 bits per heavy atom. The van der Waals surface area contributed by atoms with Gasteiger partial charge in [-0.05, 0) is 37.8 Å². The number of piperidine rings is 1. The first-order valence-electron chi connectivity index (χ1n) is 10.8. The average molecular weight is 466 g/mol. The van der Waals surface area contributed by atoms with Crippen LogP contribution >= 0.6 is 0 Å². The van der Waals surface area contributed by atoms with E-state index >= 15 is 0 Å². The molecule has 180 valence electrons. The third-order valence-corrected chi connectivity index (χ3v) is 5.07. The van der Waals surface area contributed by atoms with Crippen LogP contribution in [-0.4, -0.2) is 63.8 Å². The van der Waals surface area contributed by atoms with E-state index in [0.29, 0.717) is 13.1 Å². The highest BCUT2D eigenvalue weighted by Crippen LogP contribution is 2.36. The maximum Gasteiger partial charge on any atom is 0.404 e. The fourth-order valence-electron chi connectivity index (χ4n) is 3.59. The van der Waals surface area contributed by atoms with E-state index in [0.717, 1.165) is 49.8 Å². The number of likely N-dealkylation sites (tertiary alicyclic amines) is 1. The summed E-state index contributed by atoms with van der Waals surface area (Å²) in [7, 11) is 1.00. The number of anilines is 1. The molecule has 33 heavy (non-hydrogen) atoms. The fourth-order valence-corrected chi connectivity index (χ4v) is 3.59. The Hall–Kier alpha value is -3.14. The van der Waals surface area contributed by atoms with Gasteiger partial charge in [0, 0.05) is 32.9 Å². The van der Waals surface area contributed by atoms with Crippen molar-refractivity contribution in [3.8, 4) is 0 Å². The Labute approximate surface area is 191 Å². The number of halogens is 3. The number of H-pyrrole nitrogens is 1. The maximum atomic E-state index is 13.2. The number of hydrogen-bond acceptors (Lipinski definition) is 5. The molecule has 0 aliphatic carbocycles. The van der Waals surface area contributed by atoms with Crippen LogP contribution in [0.25, 0.3) is 11.0 Å². The molecule has 1 amide bonds. The number of hydrogen-bond donors (Lipinski definition) is 3. The lowest BCUT2D eigenvalue weighted by molar-refractivity contribution is -0.172. The van der Waals surface area contributed by atoms with Crippen LogP contribution in [0.15, 0.2) is 48.9 Å². The predicted octanol–water partition coefficient (Wildman–Crippen LogP) is 4.34. The highest BCUT2D eigenvalue weighted by molar-refractivity contribution is 5.86. The first-order valence-corrected chi connectivity index (χ1v) is 10.8. The maximum absolute atomic E-state index is 13.2. The molecule has 2 aromatic heterocycles. The molecule has 1 aliphatic heterocycles.